The molecule has 1 unspecified atom stereocenters. The van der Waals surface area contributed by atoms with Crippen LogP contribution in [0.15, 0.2) is 24.3 Å². The van der Waals surface area contributed by atoms with E-state index in [2.05, 4.69) is 10.6 Å². The molecule has 0 aliphatic heterocycles. The lowest BCUT2D eigenvalue weighted by Gasteiger charge is -2.15. The number of hydrogen-bond acceptors (Lipinski definition) is 4. The van der Waals surface area contributed by atoms with Crippen molar-refractivity contribution < 1.29 is 14.3 Å². The summed E-state index contributed by atoms with van der Waals surface area (Å²) in [5.74, 6) is 0.316. The first-order valence-electron chi connectivity index (χ1n) is 6.94. The van der Waals surface area contributed by atoms with Crippen LogP contribution in [0, 0.1) is 5.92 Å². The third-order valence-electron chi connectivity index (χ3n) is 2.68. The largest absolute Gasteiger partial charge is 0.484 e. The van der Waals surface area contributed by atoms with E-state index >= 15 is 0 Å². The van der Waals surface area contributed by atoms with Crippen LogP contribution in [-0.4, -0.2) is 31.0 Å². The zero-order chi connectivity index (χ0) is 15.8. The van der Waals surface area contributed by atoms with Crippen LogP contribution in [0.5, 0.6) is 5.75 Å². The van der Waals surface area contributed by atoms with E-state index in [-0.39, 0.29) is 18.4 Å². The van der Waals surface area contributed by atoms with Crippen LogP contribution >= 0.6 is 0 Å². The van der Waals surface area contributed by atoms with Gasteiger partial charge in [0, 0.05) is 18.3 Å². The number of benzene rings is 1. The van der Waals surface area contributed by atoms with Gasteiger partial charge in [-0.15, -0.1) is 0 Å². The lowest BCUT2D eigenvalue weighted by molar-refractivity contribution is -0.129. The Morgan fingerprint density at radius 1 is 1.29 bits per heavy atom. The number of carbonyl (C=O) groups is 2. The maximum absolute atomic E-state index is 11.7. The normalized spacial score (nSPS) is 11.8. The quantitative estimate of drug-likeness (QED) is 0.652. The fourth-order valence-corrected chi connectivity index (χ4v) is 1.56. The zero-order valence-corrected chi connectivity index (χ0v) is 12.7. The smallest absolute Gasteiger partial charge is 0.258 e. The molecule has 0 spiro atoms. The molecule has 1 rings (SSSR count). The number of carbonyl (C=O) groups excluding carboxylic acids is 2. The van der Waals surface area contributed by atoms with Crippen LogP contribution in [0.25, 0.3) is 0 Å². The molecule has 0 aromatic heterocycles. The van der Waals surface area contributed by atoms with E-state index in [1.165, 1.54) is 0 Å². The van der Waals surface area contributed by atoms with Gasteiger partial charge in [-0.25, -0.2) is 0 Å². The van der Waals surface area contributed by atoms with E-state index in [0.29, 0.717) is 23.9 Å². The molecule has 0 radical (unpaired) electrons. The number of anilines is 1. The molecule has 21 heavy (non-hydrogen) atoms. The fourth-order valence-electron chi connectivity index (χ4n) is 1.56. The number of nitrogens with two attached hydrogens (primary N) is 1. The molecule has 0 bridgehead atoms. The Morgan fingerprint density at radius 2 is 2.00 bits per heavy atom. The van der Waals surface area contributed by atoms with Gasteiger partial charge in [0.2, 0.25) is 5.91 Å². The molecule has 0 aliphatic rings. The molecular weight excluding hydrogens is 270 g/mol. The Morgan fingerprint density at radius 3 is 2.62 bits per heavy atom. The number of hydrogen-bond donors (Lipinski definition) is 3. The van der Waals surface area contributed by atoms with E-state index in [9.17, 15) is 9.59 Å². The summed E-state index contributed by atoms with van der Waals surface area (Å²) in [4.78, 5) is 23.4. The minimum atomic E-state index is -0.597. The second-order valence-corrected chi connectivity index (χ2v) is 5.29. The van der Waals surface area contributed by atoms with Crippen molar-refractivity contribution in [2.45, 2.75) is 26.8 Å². The van der Waals surface area contributed by atoms with Crippen molar-refractivity contribution in [1.82, 2.24) is 10.6 Å². The van der Waals surface area contributed by atoms with Gasteiger partial charge >= 0.3 is 0 Å². The van der Waals surface area contributed by atoms with Crippen LogP contribution < -0.4 is 21.1 Å². The Kier molecular flexibility index (Phi) is 6.52. The second kappa shape index (κ2) is 8.14. The average Bonchev–Trinajstić information content (AvgIpc) is 2.42. The van der Waals surface area contributed by atoms with Gasteiger partial charge in [0.15, 0.2) is 6.61 Å². The summed E-state index contributed by atoms with van der Waals surface area (Å²) in [6.45, 7) is 6.06. The molecule has 1 atom stereocenters. The predicted molar refractivity (Wildman–Crippen MR) is 81.8 cm³/mol. The number of nitrogens with one attached hydrogen (secondary N) is 2. The van der Waals surface area contributed by atoms with Crippen molar-refractivity contribution in [3.05, 3.63) is 24.3 Å². The van der Waals surface area contributed by atoms with Gasteiger partial charge < -0.3 is 21.1 Å². The number of nitrogen functional groups attached to an aromatic ring is 1. The van der Waals surface area contributed by atoms with Gasteiger partial charge in [0.05, 0.1) is 0 Å². The number of ether oxygens (including phenoxy) is 1. The Hall–Kier alpha value is -2.24. The highest BCUT2D eigenvalue weighted by atomic mass is 16.5. The van der Waals surface area contributed by atoms with Crippen LogP contribution in [0.4, 0.5) is 5.69 Å². The third kappa shape index (κ3) is 6.65. The molecule has 6 nitrogen and oxygen atoms in total. The van der Waals surface area contributed by atoms with Gasteiger partial charge in [0.25, 0.3) is 5.91 Å². The van der Waals surface area contributed by atoms with Crippen LogP contribution in [0.3, 0.4) is 0 Å². The summed E-state index contributed by atoms with van der Waals surface area (Å²) in [5, 5.41) is 5.34. The highest BCUT2D eigenvalue weighted by Gasteiger charge is 2.15. The standard InChI is InChI=1S/C15H23N3O3/c1-10(2)8-17-15(20)11(3)18-14(19)9-21-13-6-4-5-12(16)7-13/h4-7,10-11H,8-9,16H2,1-3H3,(H,17,20)(H,18,19). The molecule has 116 valence electrons. The number of amides is 2. The van der Waals surface area contributed by atoms with Crippen molar-refractivity contribution in [2.24, 2.45) is 5.92 Å². The Balaban J connectivity index is 2.34. The van der Waals surface area contributed by atoms with E-state index in [1.807, 2.05) is 13.8 Å². The minimum Gasteiger partial charge on any atom is -0.484 e. The van der Waals surface area contributed by atoms with Crippen LogP contribution in [0.1, 0.15) is 20.8 Å². The molecule has 1 aromatic rings. The molecule has 1 aromatic carbocycles. The molecule has 4 N–H and O–H groups in total. The molecule has 0 saturated carbocycles. The first kappa shape index (κ1) is 16.8. The summed E-state index contributed by atoms with van der Waals surface area (Å²) in [7, 11) is 0. The lowest BCUT2D eigenvalue weighted by atomic mass is 10.2. The van der Waals surface area contributed by atoms with Crippen LogP contribution in [0.2, 0.25) is 0 Å². The highest BCUT2D eigenvalue weighted by molar-refractivity contribution is 5.87. The first-order valence-corrected chi connectivity index (χ1v) is 6.94. The van der Waals surface area contributed by atoms with Crippen molar-refractivity contribution in [3.8, 4) is 5.75 Å². The lowest BCUT2D eigenvalue weighted by Crippen LogP contribution is -2.46. The van der Waals surface area contributed by atoms with Crippen molar-refractivity contribution >= 4 is 17.5 Å². The van der Waals surface area contributed by atoms with E-state index in [1.54, 1.807) is 31.2 Å². The zero-order valence-electron chi connectivity index (χ0n) is 12.7. The number of rotatable bonds is 7. The van der Waals surface area contributed by atoms with E-state index < -0.39 is 6.04 Å². The van der Waals surface area contributed by atoms with Gasteiger partial charge in [-0.3, -0.25) is 9.59 Å². The van der Waals surface area contributed by atoms with Crippen molar-refractivity contribution in [2.75, 3.05) is 18.9 Å². The SMILES string of the molecule is CC(C)CNC(=O)C(C)NC(=O)COc1cccc(N)c1. The first-order chi connectivity index (χ1) is 9.88. The summed E-state index contributed by atoms with van der Waals surface area (Å²) in [6, 6.07) is 6.22. The van der Waals surface area contributed by atoms with Gasteiger partial charge in [-0.2, -0.15) is 0 Å². The molecule has 0 aliphatic carbocycles. The monoisotopic (exact) mass is 293 g/mol. The van der Waals surface area contributed by atoms with Gasteiger partial charge in [-0.05, 0) is 25.0 Å². The summed E-state index contributed by atoms with van der Waals surface area (Å²) < 4.78 is 5.30. The van der Waals surface area contributed by atoms with E-state index in [0.717, 1.165) is 0 Å². The fraction of sp³-hybridized carbons (Fsp3) is 0.467. The maximum Gasteiger partial charge on any atom is 0.258 e. The molecular formula is C15H23N3O3. The summed E-state index contributed by atoms with van der Waals surface area (Å²) >= 11 is 0. The molecule has 0 fully saturated rings. The third-order valence-corrected chi connectivity index (χ3v) is 2.68. The Labute approximate surface area is 125 Å². The predicted octanol–water partition coefficient (Wildman–Crippen LogP) is 0.925. The summed E-state index contributed by atoms with van der Waals surface area (Å²) in [5.41, 5.74) is 6.17. The minimum absolute atomic E-state index is 0.161. The Bertz CT molecular complexity index is 489. The summed E-state index contributed by atoms with van der Waals surface area (Å²) in [6.07, 6.45) is 0. The maximum atomic E-state index is 11.7. The molecule has 6 heteroatoms. The van der Waals surface area contributed by atoms with Gasteiger partial charge in [0.1, 0.15) is 11.8 Å². The topological polar surface area (TPSA) is 93.5 Å². The molecule has 0 heterocycles. The van der Waals surface area contributed by atoms with Crippen LogP contribution in [-0.2, 0) is 9.59 Å². The van der Waals surface area contributed by atoms with Crippen molar-refractivity contribution in [3.63, 3.8) is 0 Å². The van der Waals surface area contributed by atoms with Gasteiger partial charge in [-0.1, -0.05) is 19.9 Å². The molecule has 2 amide bonds. The second-order valence-electron chi connectivity index (χ2n) is 5.29. The average molecular weight is 293 g/mol. The van der Waals surface area contributed by atoms with E-state index in [4.69, 9.17) is 10.5 Å². The highest BCUT2D eigenvalue weighted by Crippen LogP contribution is 2.13. The molecule has 0 saturated heterocycles. The van der Waals surface area contributed by atoms with Crippen molar-refractivity contribution in [1.29, 1.82) is 0 Å².